The van der Waals surface area contributed by atoms with E-state index in [1.807, 2.05) is 4.90 Å². The fourth-order valence-corrected chi connectivity index (χ4v) is 5.04. The number of benzene rings is 2. The summed E-state index contributed by atoms with van der Waals surface area (Å²) in [6.45, 7) is 1.79. The Labute approximate surface area is 171 Å². The number of nitrogens with zero attached hydrogens (tertiary/aromatic N) is 1. The molecular formula is C20H24ClN3O3S. The van der Waals surface area contributed by atoms with Crippen molar-refractivity contribution in [2.75, 3.05) is 17.8 Å². The second-order valence-corrected chi connectivity index (χ2v) is 8.77. The van der Waals surface area contributed by atoms with Crippen LogP contribution in [0.15, 0.2) is 59.5 Å². The summed E-state index contributed by atoms with van der Waals surface area (Å²) in [4.78, 5) is 15.2. The monoisotopic (exact) mass is 421 g/mol. The molecule has 2 heterocycles. The number of fused-ring (bicyclic) bond motifs is 2. The summed E-state index contributed by atoms with van der Waals surface area (Å²) in [5.74, 6) is 0.0312. The predicted molar refractivity (Wildman–Crippen MR) is 111 cm³/mol. The summed E-state index contributed by atoms with van der Waals surface area (Å²) in [7, 11) is -3.63. The molecule has 1 amide bonds. The van der Waals surface area contributed by atoms with Crippen molar-refractivity contribution in [2.45, 2.75) is 36.2 Å². The van der Waals surface area contributed by atoms with E-state index in [1.165, 1.54) is 0 Å². The lowest BCUT2D eigenvalue weighted by molar-refractivity contribution is 0.0680. The van der Waals surface area contributed by atoms with Crippen molar-refractivity contribution in [2.24, 2.45) is 0 Å². The van der Waals surface area contributed by atoms with Crippen molar-refractivity contribution in [3.63, 3.8) is 0 Å². The van der Waals surface area contributed by atoms with Gasteiger partial charge >= 0.3 is 0 Å². The Morgan fingerprint density at radius 2 is 1.64 bits per heavy atom. The smallest absolute Gasteiger partial charge is 0.261 e. The number of carbonyl (C=O) groups is 1. The van der Waals surface area contributed by atoms with E-state index in [2.05, 4.69) is 10.0 Å². The van der Waals surface area contributed by atoms with Gasteiger partial charge in [0.05, 0.1) is 4.90 Å². The average Bonchev–Trinajstić information content (AvgIpc) is 2.95. The number of sulfonamides is 1. The third kappa shape index (κ3) is 4.16. The maximum Gasteiger partial charge on any atom is 0.261 e. The SMILES string of the molecule is Cl.O=C(c1ccc(NS(=O)(=O)c2ccccc2)cc1)N1C2CCNCC1CC2. The first-order valence-corrected chi connectivity index (χ1v) is 10.7. The summed E-state index contributed by atoms with van der Waals surface area (Å²) in [5.41, 5.74) is 1.03. The van der Waals surface area contributed by atoms with Crippen LogP contribution >= 0.6 is 12.4 Å². The van der Waals surface area contributed by atoms with E-state index in [0.29, 0.717) is 17.3 Å². The summed E-state index contributed by atoms with van der Waals surface area (Å²) in [5, 5.41) is 3.39. The van der Waals surface area contributed by atoms with E-state index in [9.17, 15) is 13.2 Å². The molecule has 2 atom stereocenters. The number of amides is 1. The average molecular weight is 422 g/mol. The fraction of sp³-hybridized carbons (Fsp3) is 0.350. The van der Waals surface area contributed by atoms with Gasteiger partial charge in [-0.25, -0.2) is 8.42 Å². The van der Waals surface area contributed by atoms with Crippen LogP contribution in [-0.2, 0) is 10.0 Å². The quantitative estimate of drug-likeness (QED) is 0.795. The van der Waals surface area contributed by atoms with Crippen LogP contribution in [0.5, 0.6) is 0 Å². The lowest BCUT2D eigenvalue weighted by Gasteiger charge is -2.28. The normalized spacial score (nSPS) is 21.5. The predicted octanol–water partition coefficient (Wildman–Crippen LogP) is 2.88. The third-order valence-corrected chi connectivity index (χ3v) is 6.72. The summed E-state index contributed by atoms with van der Waals surface area (Å²) in [6.07, 6.45) is 3.09. The highest BCUT2D eigenvalue weighted by atomic mass is 35.5. The topological polar surface area (TPSA) is 78.5 Å². The van der Waals surface area contributed by atoms with E-state index >= 15 is 0 Å². The zero-order valence-electron chi connectivity index (χ0n) is 15.4. The zero-order valence-corrected chi connectivity index (χ0v) is 17.0. The molecule has 2 N–H and O–H groups in total. The van der Waals surface area contributed by atoms with E-state index in [-0.39, 0.29) is 29.3 Å². The van der Waals surface area contributed by atoms with E-state index in [1.54, 1.807) is 54.6 Å². The van der Waals surface area contributed by atoms with Gasteiger partial charge in [0.2, 0.25) is 0 Å². The van der Waals surface area contributed by atoms with Crippen LogP contribution in [-0.4, -0.2) is 44.4 Å². The number of rotatable bonds is 4. The fourth-order valence-electron chi connectivity index (χ4n) is 3.96. The van der Waals surface area contributed by atoms with Crippen LogP contribution in [0.4, 0.5) is 5.69 Å². The minimum absolute atomic E-state index is 0. The molecule has 8 heteroatoms. The molecule has 6 nitrogen and oxygen atoms in total. The van der Waals surface area contributed by atoms with Crippen LogP contribution in [0, 0.1) is 0 Å². The standard InChI is InChI=1S/C20H23N3O3S.ClH/c24-20(23-17-10-11-18(23)14-21-13-12-17)15-6-8-16(9-7-15)22-27(25,26)19-4-2-1-3-5-19;/h1-9,17-18,21-22H,10-14H2;1H. The van der Waals surface area contributed by atoms with Crippen molar-refractivity contribution in [1.29, 1.82) is 0 Å². The second-order valence-electron chi connectivity index (χ2n) is 7.09. The van der Waals surface area contributed by atoms with Gasteiger partial charge in [0.1, 0.15) is 0 Å². The molecule has 2 aliphatic rings. The van der Waals surface area contributed by atoms with Crippen molar-refractivity contribution < 1.29 is 13.2 Å². The van der Waals surface area contributed by atoms with Crippen LogP contribution in [0.25, 0.3) is 0 Å². The van der Waals surface area contributed by atoms with Crippen molar-refractivity contribution in [3.05, 3.63) is 60.2 Å². The first kappa shape index (κ1) is 20.6. The van der Waals surface area contributed by atoms with E-state index < -0.39 is 10.0 Å². The molecule has 150 valence electrons. The molecule has 2 saturated heterocycles. The molecule has 4 rings (SSSR count). The highest BCUT2D eigenvalue weighted by molar-refractivity contribution is 7.92. The molecule has 2 fully saturated rings. The zero-order chi connectivity index (χ0) is 18.9. The molecule has 2 unspecified atom stereocenters. The molecule has 2 aromatic rings. The number of hydrogen-bond acceptors (Lipinski definition) is 4. The molecule has 2 aliphatic heterocycles. The Bertz CT molecular complexity index is 905. The molecule has 2 aromatic carbocycles. The summed E-state index contributed by atoms with van der Waals surface area (Å²) in [6, 6.07) is 15.5. The highest BCUT2D eigenvalue weighted by Crippen LogP contribution is 2.30. The van der Waals surface area contributed by atoms with E-state index in [0.717, 1.165) is 32.4 Å². The molecule has 28 heavy (non-hydrogen) atoms. The third-order valence-electron chi connectivity index (χ3n) is 5.33. The lowest BCUT2D eigenvalue weighted by Crippen LogP contribution is -2.42. The minimum atomic E-state index is -3.63. The first-order valence-electron chi connectivity index (χ1n) is 9.26. The van der Waals surface area contributed by atoms with Gasteiger partial charge in [0, 0.05) is 29.9 Å². The van der Waals surface area contributed by atoms with Crippen LogP contribution < -0.4 is 10.0 Å². The van der Waals surface area contributed by atoms with Gasteiger partial charge in [-0.15, -0.1) is 12.4 Å². The van der Waals surface area contributed by atoms with Crippen LogP contribution in [0.1, 0.15) is 29.6 Å². The summed E-state index contributed by atoms with van der Waals surface area (Å²) >= 11 is 0. The van der Waals surface area contributed by atoms with Crippen molar-refractivity contribution in [1.82, 2.24) is 10.2 Å². The second kappa shape index (κ2) is 8.51. The van der Waals surface area contributed by atoms with Crippen molar-refractivity contribution in [3.8, 4) is 0 Å². The van der Waals surface area contributed by atoms with Gasteiger partial charge in [-0.2, -0.15) is 0 Å². The van der Waals surface area contributed by atoms with Crippen molar-refractivity contribution >= 4 is 34.0 Å². The molecule has 0 aromatic heterocycles. The van der Waals surface area contributed by atoms with Crippen LogP contribution in [0.3, 0.4) is 0 Å². The van der Waals surface area contributed by atoms with Gasteiger partial charge in [0.15, 0.2) is 0 Å². The Hall–Kier alpha value is -2.09. The maximum absolute atomic E-state index is 13.0. The largest absolute Gasteiger partial charge is 0.331 e. The van der Waals surface area contributed by atoms with Gasteiger partial charge in [-0.05, 0) is 62.2 Å². The number of halogens is 1. The number of carbonyl (C=O) groups excluding carboxylic acids is 1. The first-order chi connectivity index (χ1) is 13.0. The maximum atomic E-state index is 13.0. The lowest BCUT2D eigenvalue weighted by atomic mass is 10.1. The Morgan fingerprint density at radius 3 is 2.36 bits per heavy atom. The highest BCUT2D eigenvalue weighted by Gasteiger charge is 2.38. The van der Waals surface area contributed by atoms with Gasteiger partial charge in [0.25, 0.3) is 15.9 Å². The Kier molecular flexibility index (Phi) is 6.27. The molecule has 0 saturated carbocycles. The van der Waals surface area contributed by atoms with Crippen LogP contribution in [0.2, 0.25) is 0 Å². The molecule has 0 spiro atoms. The number of hydrogen-bond donors (Lipinski definition) is 2. The van der Waals surface area contributed by atoms with Gasteiger partial charge in [-0.3, -0.25) is 9.52 Å². The Balaban J connectivity index is 0.00000225. The van der Waals surface area contributed by atoms with Gasteiger partial charge < -0.3 is 10.2 Å². The van der Waals surface area contributed by atoms with Gasteiger partial charge in [-0.1, -0.05) is 18.2 Å². The summed E-state index contributed by atoms with van der Waals surface area (Å²) < 4.78 is 27.4. The number of anilines is 1. The number of nitrogens with one attached hydrogen (secondary N) is 2. The molecule has 0 aliphatic carbocycles. The molecule has 0 radical (unpaired) electrons. The Morgan fingerprint density at radius 1 is 0.964 bits per heavy atom. The molecule has 2 bridgehead atoms. The van der Waals surface area contributed by atoms with E-state index in [4.69, 9.17) is 0 Å². The minimum Gasteiger partial charge on any atom is -0.331 e. The molecular weight excluding hydrogens is 398 g/mol.